The predicted octanol–water partition coefficient (Wildman–Crippen LogP) is 4.69. The van der Waals surface area contributed by atoms with Gasteiger partial charge >= 0.3 is 5.97 Å². The lowest BCUT2D eigenvalue weighted by atomic mass is 9.75. The number of carbonyl (C=O) groups is 2. The molecule has 2 rings (SSSR count). The molecule has 0 fully saturated rings. The van der Waals surface area contributed by atoms with E-state index in [2.05, 4.69) is 6.92 Å². The maximum atomic E-state index is 12.7. The molecule has 0 saturated heterocycles. The zero-order chi connectivity index (χ0) is 17.0. The molecule has 124 valence electrons. The third-order valence-electron chi connectivity index (χ3n) is 4.18. The van der Waals surface area contributed by atoms with E-state index in [4.69, 9.17) is 4.74 Å². The maximum absolute atomic E-state index is 12.7. The Hall–Kier alpha value is -1.90. The number of benzene rings is 1. The van der Waals surface area contributed by atoms with Crippen LogP contribution >= 0.6 is 0 Å². The molecule has 0 unspecified atom stereocenters. The lowest BCUT2D eigenvalue weighted by Gasteiger charge is -2.31. The van der Waals surface area contributed by atoms with Gasteiger partial charge in [-0.2, -0.15) is 0 Å². The van der Waals surface area contributed by atoms with Gasteiger partial charge in [0.2, 0.25) is 0 Å². The van der Waals surface area contributed by atoms with E-state index in [1.165, 1.54) is 5.56 Å². The molecule has 0 spiro atoms. The Labute approximate surface area is 138 Å². The van der Waals surface area contributed by atoms with E-state index >= 15 is 0 Å². The van der Waals surface area contributed by atoms with Gasteiger partial charge in [-0.05, 0) is 29.4 Å². The maximum Gasteiger partial charge on any atom is 0.310 e. The van der Waals surface area contributed by atoms with Gasteiger partial charge in [0.05, 0.1) is 5.57 Å². The van der Waals surface area contributed by atoms with E-state index < -0.39 is 0 Å². The summed E-state index contributed by atoms with van der Waals surface area (Å²) in [5, 5.41) is 0. The average molecular weight is 314 g/mol. The van der Waals surface area contributed by atoms with Crippen LogP contribution in [0.2, 0.25) is 0 Å². The number of carbonyl (C=O) groups excluding carboxylic acids is 2. The summed E-state index contributed by atoms with van der Waals surface area (Å²) in [6.07, 6.45) is 3.16. The number of esters is 1. The summed E-state index contributed by atoms with van der Waals surface area (Å²) in [4.78, 5) is 24.6. The minimum Gasteiger partial charge on any atom is -0.430 e. The van der Waals surface area contributed by atoms with Gasteiger partial charge in [0.1, 0.15) is 5.76 Å². The van der Waals surface area contributed by atoms with Crippen LogP contribution in [0.1, 0.15) is 64.5 Å². The van der Waals surface area contributed by atoms with E-state index in [0.717, 1.165) is 18.4 Å². The molecule has 3 heteroatoms. The quantitative estimate of drug-likeness (QED) is 0.740. The number of rotatable bonds is 5. The van der Waals surface area contributed by atoms with Crippen molar-refractivity contribution in [3.8, 4) is 0 Å². The molecule has 0 amide bonds. The van der Waals surface area contributed by atoms with Gasteiger partial charge in [0.25, 0.3) is 0 Å². The van der Waals surface area contributed by atoms with Crippen molar-refractivity contribution in [1.82, 2.24) is 0 Å². The summed E-state index contributed by atoms with van der Waals surface area (Å²) >= 11 is 0. The van der Waals surface area contributed by atoms with E-state index in [9.17, 15) is 9.59 Å². The van der Waals surface area contributed by atoms with Gasteiger partial charge in [-0.3, -0.25) is 9.59 Å². The number of hydrogen-bond acceptors (Lipinski definition) is 3. The summed E-state index contributed by atoms with van der Waals surface area (Å²) in [6.45, 7) is 8.11. The highest BCUT2D eigenvalue weighted by atomic mass is 16.5. The van der Waals surface area contributed by atoms with Crippen molar-refractivity contribution in [2.45, 2.75) is 59.8 Å². The summed E-state index contributed by atoms with van der Waals surface area (Å²) in [5.74, 6) is 0.342. The van der Waals surface area contributed by atoms with Gasteiger partial charge in [-0.1, -0.05) is 52.0 Å². The van der Waals surface area contributed by atoms with E-state index in [0.29, 0.717) is 30.6 Å². The van der Waals surface area contributed by atoms with E-state index in [-0.39, 0.29) is 17.2 Å². The van der Waals surface area contributed by atoms with Crippen LogP contribution in [0.25, 0.3) is 5.57 Å². The zero-order valence-electron chi connectivity index (χ0n) is 14.6. The Morgan fingerprint density at radius 3 is 2.35 bits per heavy atom. The Kier molecular flexibility index (Phi) is 5.40. The van der Waals surface area contributed by atoms with Crippen molar-refractivity contribution < 1.29 is 14.3 Å². The highest BCUT2D eigenvalue weighted by Gasteiger charge is 2.35. The lowest BCUT2D eigenvalue weighted by molar-refractivity contribution is -0.140. The molecule has 0 atom stereocenters. The molecular weight excluding hydrogens is 288 g/mol. The molecule has 1 aromatic carbocycles. The van der Waals surface area contributed by atoms with Gasteiger partial charge in [0.15, 0.2) is 5.78 Å². The van der Waals surface area contributed by atoms with E-state index in [1.807, 2.05) is 45.0 Å². The molecular formula is C20H26O3. The molecule has 0 aliphatic heterocycles. The number of allylic oxidation sites excluding steroid dienone is 2. The molecule has 23 heavy (non-hydrogen) atoms. The van der Waals surface area contributed by atoms with Crippen molar-refractivity contribution in [1.29, 1.82) is 0 Å². The summed E-state index contributed by atoms with van der Waals surface area (Å²) < 4.78 is 5.58. The Morgan fingerprint density at radius 2 is 1.78 bits per heavy atom. The summed E-state index contributed by atoms with van der Waals surface area (Å²) in [6, 6.07) is 7.97. The minimum atomic E-state index is -0.254. The van der Waals surface area contributed by atoms with Crippen LogP contribution in [0.4, 0.5) is 0 Å². The second kappa shape index (κ2) is 7.12. The second-order valence-electron chi connectivity index (χ2n) is 7.01. The number of ketones is 1. The van der Waals surface area contributed by atoms with Crippen LogP contribution in [-0.2, 0) is 20.7 Å². The third kappa shape index (κ3) is 4.31. The first-order valence-electron chi connectivity index (χ1n) is 8.42. The van der Waals surface area contributed by atoms with Crippen molar-refractivity contribution in [2.75, 3.05) is 0 Å². The molecule has 0 aromatic heterocycles. The fourth-order valence-electron chi connectivity index (χ4n) is 2.97. The van der Waals surface area contributed by atoms with Crippen LogP contribution in [0.5, 0.6) is 0 Å². The molecule has 0 saturated carbocycles. The highest BCUT2D eigenvalue weighted by Crippen LogP contribution is 2.41. The molecule has 3 nitrogen and oxygen atoms in total. The number of hydrogen-bond donors (Lipinski definition) is 0. The van der Waals surface area contributed by atoms with Crippen LogP contribution in [0.3, 0.4) is 0 Å². The SMILES string of the molecule is CCCC(=O)OC1=C(c2ccc(CC)cc2)C(=O)CC(C)(C)C1. The van der Waals surface area contributed by atoms with Gasteiger partial charge in [-0.25, -0.2) is 0 Å². The fourth-order valence-corrected chi connectivity index (χ4v) is 2.97. The fraction of sp³-hybridized carbons (Fsp3) is 0.500. The van der Waals surface area contributed by atoms with Crippen molar-refractivity contribution in [3.05, 3.63) is 41.2 Å². The second-order valence-corrected chi connectivity index (χ2v) is 7.01. The van der Waals surface area contributed by atoms with Gasteiger partial charge in [-0.15, -0.1) is 0 Å². The number of Topliss-reactive ketones (excluding diaryl/α,β-unsaturated/α-hetero) is 1. The summed E-state index contributed by atoms with van der Waals surface area (Å²) in [5.41, 5.74) is 2.48. The standard InChI is InChI=1S/C20H26O3/c1-5-7-18(22)23-17-13-20(3,4)12-16(21)19(17)15-10-8-14(6-2)9-11-15/h8-11H,5-7,12-13H2,1-4H3. The first-order chi connectivity index (χ1) is 10.9. The first-order valence-corrected chi connectivity index (χ1v) is 8.42. The Bertz CT molecular complexity index is 621. The van der Waals surface area contributed by atoms with Crippen LogP contribution < -0.4 is 0 Å². The molecule has 1 aliphatic rings. The molecule has 0 N–H and O–H groups in total. The smallest absolute Gasteiger partial charge is 0.310 e. The molecule has 1 aromatic rings. The minimum absolute atomic E-state index is 0.0600. The molecule has 1 aliphatic carbocycles. The lowest BCUT2D eigenvalue weighted by Crippen LogP contribution is -2.27. The van der Waals surface area contributed by atoms with E-state index in [1.54, 1.807) is 0 Å². The normalized spacial score (nSPS) is 17.3. The van der Waals surface area contributed by atoms with Crippen LogP contribution in [0, 0.1) is 5.41 Å². The molecule has 0 heterocycles. The zero-order valence-corrected chi connectivity index (χ0v) is 14.6. The van der Waals surface area contributed by atoms with Crippen LogP contribution in [-0.4, -0.2) is 11.8 Å². The Morgan fingerprint density at radius 1 is 1.13 bits per heavy atom. The first kappa shape index (κ1) is 17.5. The molecule has 0 bridgehead atoms. The van der Waals surface area contributed by atoms with Gasteiger partial charge < -0.3 is 4.74 Å². The topological polar surface area (TPSA) is 43.4 Å². The van der Waals surface area contributed by atoms with Crippen molar-refractivity contribution in [2.24, 2.45) is 5.41 Å². The molecule has 0 radical (unpaired) electrons. The largest absolute Gasteiger partial charge is 0.430 e. The van der Waals surface area contributed by atoms with Crippen LogP contribution in [0.15, 0.2) is 30.0 Å². The predicted molar refractivity (Wildman–Crippen MR) is 91.8 cm³/mol. The van der Waals surface area contributed by atoms with Crippen molar-refractivity contribution >= 4 is 17.3 Å². The monoisotopic (exact) mass is 314 g/mol. The number of ether oxygens (including phenoxy) is 1. The third-order valence-corrected chi connectivity index (χ3v) is 4.18. The number of aryl methyl sites for hydroxylation is 1. The summed E-state index contributed by atoms with van der Waals surface area (Å²) in [7, 11) is 0. The van der Waals surface area contributed by atoms with Gasteiger partial charge in [0, 0.05) is 19.3 Å². The van der Waals surface area contributed by atoms with Crippen molar-refractivity contribution in [3.63, 3.8) is 0 Å². The Balaban J connectivity index is 2.42. The average Bonchev–Trinajstić information content (AvgIpc) is 2.46. The highest BCUT2D eigenvalue weighted by molar-refractivity contribution is 6.22.